The molecule has 0 aliphatic carbocycles. The maximum absolute atomic E-state index is 10.9. The van der Waals surface area contributed by atoms with Crippen LogP contribution < -0.4 is 5.32 Å². The number of carbonyl (C=O) groups is 1. The van der Waals surface area contributed by atoms with Gasteiger partial charge in [0.1, 0.15) is 0 Å². The summed E-state index contributed by atoms with van der Waals surface area (Å²) in [4.78, 5) is 10.9. The van der Waals surface area contributed by atoms with E-state index >= 15 is 0 Å². The highest BCUT2D eigenvalue weighted by atomic mass is 16.3. The van der Waals surface area contributed by atoms with E-state index in [-0.39, 0.29) is 17.7 Å². The van der Waals surface area contributed by atoms with Crippen molar-refractivity contribution >= 4 is 5.91 Å². The van der Waals surface area contributed by atoms with Crippen molar-refractivity contribution in [3.63, 3.8) is 0 Å². The summed E-state index contributed by atoms with van der Waals surface area (Å²) in [5, 5.41) is 21.0. The number of carbonyl (C=O) groups excluding carboxylic acids is 1. The van der Waals surface area contributed by atoms with Gasteiger partial charge in [0.25, 0.3) is 0 Å². The lowest BCUT2D eigenvalue weighted by atomic mass is 10.3. The molecule has 0 atom stereocenters. The molecule has 0 aliphatic rings. The smallest absolute Gasteiger partial charge is 0.219 e. The second-order valence-electron chi connectivity index (χ2n) is 2.98. The molecule has 78 valence electrons. The minimum absolute atomic E-state index is 0.0133. The van der Waals surface area contributed by atoms with Crippen LogP contribution in [0.5, 0.6) is 11.8 Å². The highest BCUT2D eigenvalue weighted by molar-refractivity contribution is 5.75. The molecule has 1 amide bonds. The van der Waals surface area contributed by atoms with E-state index < -0.39 is 0 Å². The third-order valence-electron chi connectivity index (χ3n) is 2.00. The second kappa shape index (κ2) is 4.55. The fourth-order valence-corrected chi connectivity index (χ4v) is 1.20. The Morgan fingerprint density at radius 3 is 2.50 bits per heavy atom. The van der Waals surface area contributed by atoms with Gasteiger partial charge in [0.15, 0.2) is 11.8 Å². The molecule has 1 rings (SSSR count). The van der Waals surface area contributed by atoms with Gasteiger partial charge in [-0.05, 0) is 6.42 Å². The van der Waals surface area contributed by atoms with E-state index in [9.17, 15) is 15.0 Å². The van der Waals surface area contributed by atoms with E-state index in [1.165, 1.54) is 16.7 Å². The summed E-state index contributed by atoms with van der Waals surface area (Å²) in [5.74, 6) is -0.0186. The average Bonchev–Trinajstić information content (AvgIpc) is 2.48. The molecule has 3 N–H and O–H groups in total. The van der Waals surface area contributed by atoms with E-state index in [4.69, 9.17) is 0 Å². The van der Waals surface area contributed by atoms with Gasteiger partial charge in [-0.15, -0.1) is 0 Å². The first-order chi connectivity index (χ1) is 6.65. The average molecular weight is 198 g/mol. The topological polar surface area (TPSA) is 74.5 Å². The largest absolute Gasteiger partial charge is 0.494 e. The van der Waals surface area contributed by atoms with E-state index in [0.717, 1.165) is 0 Å². The van der Waals surface area contributed by atoms with Crippen molar-refractivity contribution in [1.82, 2.24) is 9.88 Å². The predicted octanol–water partition coefficient (Wildman–Crippen LogP) is 0.425. The fourth-order valence-electron chi connectivity index (χ4n) is 1.20. The summed E-state index contributed by atoms with van der Waals surface area (Å²) in [7, 11) is 1.58. The molecule has 5 heteroatoms. The second-order valence-corrected chi connectivity index (χ2v) is 2.98. The number of aromatic hydroxyl groups is 2. The van der Waals surface area contributed by atoms with Crippen molar-refractivity contribution in [3.05, 3.63) is 12.1 Å². The van der Waals surface area contributed by atoms with Crippen LogP contribution in [0.15, 0.2) is 12.1 Å². The third-order valence-corrected chi connectivity index (χ3v) is 2.00. The molecule has 0 radical (unpaired) electrons. The normalized spacial score (nSPS) is 10.1. The number of amides is 1. The zero-order chi connectivity index (χ0) is 10.6. The summed E-state index contributed by atoms with van der Waals surface area (Å²) in [6, 6.07) is 2.82. The first-order valence-corrected chi connectivity index (χ1v) is 4.43. The number of nitrogens with one attached hydrogen (secondary N) is 1. The van der Waals surface area contributed by atoms with E-state index in [0.29, 0.717) is 19.4 Å². The quantitative estimate of drug-likeness (QED) is 0.656. The van der Waals surface area contributed by atoms with Crippen LogP contribution >= 0.6 is 0 Å². The Bertz CT molecular complexity index is 300. The van der Waals surface area contributed by atoms with Gasteiger partial charge in [-0.25, -0.2) is 0 Å². The summed E-state index contributed by atoms with van der Waals surface area (Å²) in [6.07, 6.45) is 0.961. The maximum atomic E-state index is 10.9. The Hall–Kier alpha value is -1.65. The summed E-state index contributed by atoms with van der Waals surface area (Å²) in [5.41, 5.74) is 0. The number of hydrogen-bond acceptors (Lipinski definition) is 3. The van der Waals surface area contributed by atoms with Gasteiger partial charge in [-0.1, -0.05) is 0 Å². The third kappa shape index (κ3) is 2.42. The predicted molar refractivity (Wildman–Crippen MR) is 51.1 cm³/mol. The first kappa shape index (κ1) is 10.4. The van der Waals surface area contributed by atoms with Gasteiger partial charge in [0.2, 0.25) is 5.91 Å². The molecule has 0 saturated heterocycles. The fraction of sp³-hybridized carbons (Fsp3) is 0.444. The molecule has 0 aliphatic heterocycles. The maximum Gasteiger partial charge on any atom is 0.219 e. The molecular weight excluding hydrogens is 184 g/mol. The monoisotopic (exact) mass is 198 g/mol. The molecule has 5 nitrogen and oxygen atoms in total. The lowest BCUT2D eigenvalue weighted by Crippen LogP contribution is -2.17. The lowest BCUT2D eigenvalue weighted by Gasteiger charge is -2.05. The Morgan fingerprint density at radius 2 is 2.00 bits per heavy atom. The summed E-state index contributed by atoms with van der Waals surface area (Å²) in [6.45, 7) is 0.429. The van der Waals surface area contributed by atoms with Gasteiger partial charge in [-0.2, -0.15) is 0 Å². The van der Waals surface area contributed by atoms with Gasteiger partial charge in [-0.3, -0.25) is 9.36 Å². The van der Waals surface area contributed by atoms with Gasteiger partial charge in [0, 0.05) is 32.1 Å². The first-order valence-electron chi connectivity index (χ1n) is 4.43. The molecule has 0 bridgehead atoms. The van der Waals surface area contributed by atoms with Crippen molar-refractivity contribution in [2.24, 2.45) is 0 Å². The van der Waals surface area contributed by atoms with Crippen LogP contribution in [-0.4, -0.2) is 27.7 Å². The standard InChI is InChI=1S/C9H14N2O3/c1-10-7(12)3-2-6-11-8(13)4-5-9(11)14/h4-5,13-14H,2-3,6H2,1H3,(H,10,12). The summed E-state index contributed by atoms with van der Waals surface area (Å²) < 4.78 is 1.35. The zero-order valence-corrected chi connectivity index (χ0v) is 8.03. The minimum atomic E-state index is -0.0452. The number of rotatable bonds is 4. The van der Waals surface area contributed by atoms with Crippen LogP contribution in [0.1, 0.15) is 12.8 Å². The van der Waals surface area contributed by atoms with Gasteiger partial charge >= 0.3 is 0 Å². The molecule has 0 fully saturated rings. The molecule has 1 aromatic heterocycles. The van der Waals surface area contributed by atoms with Crippen LogP contribution in [0.3, 0.4) is 0 Å². The Balaban J connectivity index is 2.42. The van der Waals surface area contributed by atoms with E-state index in [2.05, 4.69) is 5.32 Å². The molecular formula is C9H14N2O3. The molecule has 0 saturated carbocycles. The van der Waals surface area contributed by atoms with Crippen molar-refractivity contribution < 1.29 is 15.0 Å². The van der Waals surface area contributed by atoms with Crippen molar-refractivity contribution in [2.45, 2.75) is 19.4 Å². The van der Waals surface area contributed by atoms with E-state index in [1.807, 2.05) is 0 Å². The zero-order valence-electron chi connectivity index (χ0n) is 8.03. The Kier molecular flexibility index (Phi) is 3.39. The highest BCUT2D eigenvalue weighted by Gasteiger charge is 2.05. The minimum Gasteiger partial charge on any atom is -0.494 e. The Morgan fingerprint density at radius 1 is 1.43 bits per heavy atom. The van der Waals surface area contributed by atoms with Crippen LogP contribution in [0.25, 0.3) is 0 Å². The van der Waals surface area contributed by atoms with Crippen molar-refractivity contribution in [2.75, 3.05) is 7.05 Å². The van der Waals surface area contributed by atoms with Crippen molar-refractivity contribution in [3.8, 4) is 11.8 Å². The molecule has 0 aromatic carbocycles. The number of nitrogens with zero attached hydrogens (tertiary/aromatic N) is 1. The van der Waals surface area contributed by atoms with E-state index in [1.54, 1.807) is 7.05 Å². The molecule has 1 aromatic rings. The van der Waals surface area contributed by atoms with Crippen LogP contribution in [-0.2, 0) is 11.3 Å². The number of aromatic nitrogens is 1. The van der Waals surface area contributed by atoms with Gasteiger partial charge < -0.3 is 15.5 Å². The summed E-state index contributed by atoms with van der Waals surface area (Å²) >= 11 is 0. The molecule has 0 unspecified atom stereocenters. The Labute approximate surface area is 82.0 Å². The van der Waals surface area contributed by atoms with Gasteiger partial charge in [0.05, 0.1) is 0 Å². The highest BCUT2D eigenvalue weighted by Crippen LogP contribution is 2.21. The van der Waals surface area contributed by atoms with Crippen LogP contribution in [0, 0.1) is 0 Å². The molecule has 1 heterocycles. The van der Waals surface area contributed by atoms with Crippen LogP contribution in [0.4, 0.5) is 0 Å². The molecule has 0 spiro atoms. The van der Waals surface area contributed by atoms with Crippen LogP contribution in [0.2, 0.25) is 0 Å². The SMILES string of the molecule is CNC(=O)CCCn1c(O)ccc1O. The number of hydrogen-bond donors (Lipinski definition) is 3. The lowest BCUT2D eigenvalue weighted by molar-refractivity contribution is -0.120. The van der Waals surface area contributed by atoms with Crippen molar-refractivity contribution in [1.29, 1.82) is 0 Å². The molecule has 14 heavy (non-hydrogen) atoms.